The number of hydrogen-bond donors (Lipinski definition) is 1. The van der Waals surface area contributed by atoms with Gasteiger partial charge in [0, 0.05) is 18.6 Å². The van der Waals surface area contributed by atoms with Crippen molar-refractivity contribution < 1.29 is 13.2 Å². The molecule has 1 amide bonds. The van der Waals surface area contributed by atoms with Crippen LogP contribution >= 0.6 is 0 Å². The minimum Gasteiger partial charge on any atom is -0.339 e. The summed E-state index contributed by atoms with van der Waals surface area (Å²) in [5, 5.41) is 0. The molecule has 0 aromatic carbocycles. The lowest BCUT2D eigenvalue weighted by atomic mass is 9.90. The van der Waals surface area contributed by atoms with Crippen LogP contribution in [-0.2, 0) is 14.6 Å². The molecule has 0 radical (unpaired) electrons. The number of nitrogens with zero attached hydrogens (tertiary/aromatic N) is 1. The van der Waals surface area contributed by atoms with Crippen LogP contribution in [0.5, 0.6) is 0 Å². The molecule has 2 fully saturated rings. The van der Waals surface area contributed by atoms with E-state index in [4.69, 9.17) is 5.73 Å². The normalized spacial score (nSPS) is 33.0. The van der Waals surface area contributed by atoms with Gasteiger partial charge in [-0.15, -0.1) is 0 Å². The fourth-order valence-corrected chi connectivity index (χ4v) is 5.08. The first-order valence-electron chi connectivity index (χ1n) is 7.69. The van der Waals surface area contributed by atoms with Gasteiger partial charge in [-0.3, -0.25) is 4.79 Å². The summed E-state index contributed by atoms with van der Waals surface area (Å²) >= 11 is 0. The smallest absolute Gasteiger partial charge is 0.226 e. The predicted molar refractivity (Wildman–Crippen MR) is 79.0 cm³/mol. The van der Waals surface area contributed by atoms with Gasteiger partial charge in [-0.05, 0) is 38.5 Å². The molecule has 6 heteroatoms. The van der Waals surface area contributed by atoms with Crippen LogP contribution in [0, 0.1) is 5.92 Å². The van der Waals surface area contributed by atoms with Crippen molar-refractivity contribution in [3.05, 3.63) is 0 Å². The quantitative estimate of drug-likeness (QED) is 0.837. The second-order valence-electron chi connectivity index (χ2n) is 6.20. The second kappa shape index (κ2) is 6.43. The van der Waals surface area contributed by atoms with E-state index in [-0.39, 0.29) is 35.4 Å². The van der Waals surface area contributed by atoms with Crippen LogP contribution in [0.3, 0.4) is 0 Å². The highest BCUT2D eigenvalue weighted by atomic mass is 32.2. The van der Waals surface area contributed by atoms with Gasteiger partial charge < -0.3 is 10.6 Å². The van der Waals surface area contributed by atoms with Crippen molar-refractivity contribution in [1.82, 2.24) is 4.90 Å². The number of hydrogen-bond acceptors (Lipinski definition) is 4. The molecule has 1 heterocycles. The van der Waals surface area contributed by atoms with Gasteiger partial charge in [0.1, 0.15) is 0 Å². The van der Waals surface area contributed by atoms with Crippen molar-refractivity contribution in [3.8, 4) is 0 Å². The Bertz CT molecular complexity index is 441. The number of rotatable bonds is 4. The van der Waals surface area contributed by atoms with Gasteiger partial charge in [0.2, 0.25) is 5.91 Å². The van der Waals surface area contributed by atoms with Crippen LogP contribution < -0.4 is 5.73 Å². The SMILES string of the molecule is CCCN(C(=O)C1CCS(=O)(=O)C1)C1CCC(N)CC1. The Kier molecular flexibility index (Phi) is 5.07. The number of carbonyl (C=O) groups excluding carboxylic acids is 1. The highest BCUT2D eigenvalue weighted by Crippen LogP contribution is 2.27. The molecule has 5 nitrogen and oxygen atoms in total. The van der Waals surface area contributed by atoms with Gasteiger partial charge in [-0.2, -0.15) is 0 Å². The first-order valence-corrected chi connectivity index (χ1v) is 9.51. The summed E-state index contributed by atoms with van der Waals surface area (Å²) in [5.74, 6) is -0.0625. The third-order valence-corrected chi connectivity index (χ3v) is 6.28. The van der Waals surface area contributed by atoms with Crippen molar-refractivity contribution in [2.45, 2.75) is 57.5 Å². The molecule has 1 aliphatic heterocycles. The Labute approximate surface area is 121 Å². The molecule has 1 unspecified atom stereocenters. The minimum absolute atomic E-state index is 0.0400. The van der Waals surface area contributed by atoms with Crippen LogP contribution in [0.2, 0.25) is 0 Å². The van der Waals surface area contributed by atoms with Gasteiger partial charge in [0.25, 0.3) is 0 Å². The maximum atomic E-state index is 12.6. The predicted octanol–water partition coefficient (Wildman–Crippen LogP) is 0.930. The Hall–Kier alpha value is -0.620. The van der Waals surface area contributed by atoms with Gasteiger partial charge in [0.15, 0.2) is 9.84 Å². The Morgan fingerprint density at radius 1 is 1.20 bits per heavy atom. The maximum absolute atomic E-state index is 12.6. The Morgan fingerprint density at radius 2 is 1.85 bits per heavy atom. The molecule has 1 saturated carbocycles. The standard InChI is InChI=1S/C14H26N2O3S/c1-2-8-16(13-5-3-12(15)4-6-13)14(17)11-7-9-20(18,19)10-11/h11-13H,2-10,15H2,1H3. The topological polar surface area (TPSA) is 80.5 Å². The van der Waals surface area contributed by atoms with E-state index < -0.39 is 9.84 Å². The summed E-state index contributed by atoms with van der Waals surface area (Å²) in [4.78, 5) is 14.6. The Balaban J connectivity index is 2.02. The molecule has 1 saturated heterocycles. The molecule has 0 spiro atoms. The molecule has 2 aliphatic rings. The highest BCUT2D eigenvalue weighted by Gasteiger charge is 2.37. The fraction of sp³-hybridized carbons (Fsp3) is 0.929. The first-order chi connectivity index (χ1) is 9.43. The number of carbonyl (C=O) groups is 1. The lowest BCUT2D eigenvalue weighted by molar-refractivity contribution is -0.138. The zero-order chi connectivity index (χ0) is 14.8. The van der Waals surface area contributed by atoms with Crippen LogP contribution in [0.25, 0.3) is 0 Å². The largest absolute Gasteiger partial charge is 0.339 e. The average molecular weight is 302 g/mol. The molecular formula is C14H26N2O3S. The Morgan fingerprint density at radius 3 is 2.35 bits per heavy atom. The molecule has 2 rings (SSSR count). The fourth-order valence-electron chi connectivity index (χ4n) is 3.35. The van der Waals surface area contributed by atoms with Crippen molar-refractivity contribution >= 4 is 15.7 Å². The summed E-state index contributed by atoms with van der Waals surface area (Å²) in [5.41, 5.74) is 5.92. The van der Waals surface area contributed by atoms with Crippen LogP contribution in [0.4, 0.5) is 0 Å². The van der Waals surface area contributed by atoms with Gasteiger partial charge in [-0.25, -0.2) is 8.42 Å². The number of sulfone groups is 1. The first kappa shape index (κ1) is 15.8. The van der Waals surface area contributed by atoms with Crippen molar-refractivity contribution in [2.75, 3.05) is 18.1 Å². The summed E-state index contributed by atoms with van der Waals surface area (Å²) in [6.45, 7) is 2.79. The molecular weight excluding hydrogens is 276 g/mol. The van der Waals surface area contributed by atoms with Crippen molar-refractivity contribution in [1.29, 1.82) is 0 Å². The van der Waals surface area contributed by atoms with Crippen molar-refractivity contribution in [3.63, 3.8) is 0 Å². The van der Waals surface area contributed by atoms with Gasteiger partial charge in [0.05, 0.1) is 17.4 Å². The number of nitrogens with two attached hydrogens (primary N) is 1. The van der Waals surface area contributed by atoms with E-state index in [2.05, 4.69) is 6.92 Å². The average Bonchev–Trinajstić information content (AvgIpc) is 2.77. The zero-order valence-corrected chi connectivity index (χ0v) is 13.1. The monoisotopic (exact) mass is 302 g/mol. The molecule has 116 valence electrons. The third kappa shape index (κ3) is 3.73. The van der Waals surface area contributed by atoms with E-state index in [0.717, 1.165) is 38.6 Å². The van der Waals surface area contributed by atoms with Gasteiger partial charge >= 0.3 is 0 Å². The molecule has 2 N–H and O–H groups in total. The van der Waals surface area contributed by atoms with E-state index in [0.29, 0.717) is 6.42 Å². The lowest BCUT2D eigenvalue weighted by Gasteiger charge is -2.37. The lowest BCUT2D eigenvalue weighted by Crippen LogP contribution is -2.47. The van der Waals surface area contributed by atoms with E-state index in [1.165, 1.54) is 0 Å². The van der Waals surface area contributed by atoms with Crippen LogP contribution in [0.1, 0.15) is 45.4 Å². The van der Waals surface area contributed by atoms with E-state index in [1.807, 2.05) is 4.90 Å². The molecule has 1 atom stereocenters. The molecule has 20 heavy (non-hydrogen) atoms. The van der Waals surface area contributed by atoms with Crippen molar-refractivity contribution in [2.24, 2.45) is 11.7 Å². The zero-order valence-electron chi connectivity index (χ0n) is 12.3. The molecule has 1 aliphatic carbocycles. The summed E-state index contributed by atoms with van der Waals surface area (Å²) in [7, 11) is -3.00. The highest BCUT2D eigenvalue weighted by molar-refractivity contribution is 7.91. The molecule has 0 bridgehead atoms. The summed E-state index contributed by atoms with van der Waals surface area (Å²) in [6.07, 6.45) is 5.22. The van der Waals surface area contributed by atoms with Crippen LogP contribution in [0.15, 0.2) is 0 Å². The third-order valence-electron chi connectivity index (χ3n) is 4.51. The van der Waals surface area contributed by atoms with Crippen LogP contribution in [-0.4, -0.2) is 49.4 Å². The summed E-state index contributed by atoms with van der Waals surface area (Å²) in [6, 6.07) is 0.516. The molecule has 0 aromatic rings. The molecule has 0 aromatic heterocycles. The van der Waals surface area contributed by atoms with Gasteiger partial charge in [-0.1, -0.05) is 6.92 Å². The number of amides is 1. The summed E-state index contributed by atoms with van der Waals surface area (Å²) < 4.78 is 23.1. The second-order valence-corrected chi connectivity index (χ2v) is 8.43. The van der Waals surface area contributed by atoms with E-state index in [1.54, 1.807) is 0 Å². The van der Waals surface area contributed by atoms with E-state index in [9.17, 15) is 13.2 Å². The maximum Gasteiger partial charge on any atom is 0.226 e. The van der Waals surface area contributed by atoms with E-state index >= 15 is 0 Å². The minimum atomic E-state index is -3.00.